The Hall–Kier alpha value is -1.05. The van der Waals surface area contributed by atoms with Gasteiger partial charge in [-0.25, -0.2) is 0 Å². The number of aromatic nitrogens is 3. The van der Waals surface area contributed by atoms with Gasteiger partial charge in [0, 0.05) is 17.2 Å². The highest BCUT2D eigenvalue weighted by molar-refractivity contribution is 9.10. The maximum Gasteiger partial charge on any atom is 0.230 e. The number of rotatable bonds is 5. The molecule has 0 saturated carbocycles. The lowest BCUT2D eigenvalue weighted by atomic mass is 10.2. The van der Waals surface area contributed by atoms with Crippen LogP contribution < -0.4 is 0 Å². The van der Waals surface area contributed by atoms with E-state index in [1.807, 2.05) is 19.0 Å². The number of nitrogens with zero attached hydrogens (tertiary/aromatic N) is 4. The van der Waals surface area contributed by atoms with Gasteiger partial charge in [-0.15, -0.1) is 0 Å². The predicted octanol–water partition coefficient (Wildman–Crippen LogP) is 2.60. The zero-order chi connectivity index (χ0) is 14.7. The van der Waals surface area contributed by atoms with Gasteiger partial charge in [0.15, 0.2) is 0 Å². The third kappa shape index (κ3) is 3.53. The normalized spacial score (nSPS) is 11.1. The molecule has 7 heteroatoms. The lowest BCUT2D eigenvalue weighted by molar-refractivity contribution is 0.102. The number of likely N-dealkylation sites (N-methyl/N-ethyl adjacent to an activating group) is 1. The second kappa shape index (κ2) is 6.60. The summed E-state index contributed by atoms with van der Waals surface area (Å²) in [4.78, 5) is 18.7. The molecular formula is C13H14Br2N4O. The minimum absolute atomic E-state index is 0.138. The van der Waals surface area contributed by atoms with Gasteiger partial charge in [0.1, 0.15) is 11.4 Å². The summed E-state index contributed by atoms with van der Waals surface area (Å²) in [7, 11) is 3.96. The zero-order valence-corrected chi connectivity index (χ0v) is 14.3. The first kappa shape index (κ1) is 15.3. The molecule has 2 aromatic heterocycles. The van der Waals surface area contributed by atoms with Gasteiger partial charge in [-0.2, -0.15) is 5.10 Å². The Kier molecular flexibility index (Phi) is 5.06. The van der Waals surface area contributed by atoms with Gasteiger partial charge < -0.3 is 4.90 Å². The average Bonchev–Trinajstić information content (AvgIpc) is 2.77. The minimum atomic E-state index is -0.138. The molecule has 0 saturated heterocycles. The second-order valence-electron chi connectivity index (χ2n) is 4.56. The molecule has 0 amide bonds. The van der Waals surface area contributed by atoms with Crippen LogP contribution in [-0.2, 0) is 6.54 Å². The topological polar surface area (TPSA) is 51.0 Å². The smallest absolute Gasteiger partial charge is 0.230 e. The summed E-state index contributed by atoms with van der Waals surface area (Å²) in [5.41, 5.74) is 0.933. The van der Waals surface area contributed by atoms with Gasteiger partial charge in [-0.1, -0.05) is 0 Å². The maximum atomic E-state index is 12.5. The van der Waals surface area contributed by atoms with E-state index in [9.17, 15) is 4.79 Å². The van der Waals surface area contributed by atoms with Crippen LogP contribution in [0.5, 0.6) is 0 Å². The van der Waals surface area contributed by atoms with Crippen LogP contribution >= 0.6 is 31.9 Å². The Balaban J connectivity index is 2.29. The molecular weight excluding hydrogens is 388 g/mol. The van der Waals surface area contributed by atoms with Crippen molar-refractivity contribution < 1.29 is 4.79 Å². The largest absolute Gasteiger partial charge is 0.308 e. The summed E-state index contributed by atoms with van der Waals surface area (Å²) in [6.45, 7) is 1.46. The standard InChI is InChI=1S/C13H14Br2N4O/c1-18(2)5-6-19-12(10(15)8-17-19)13(20)11-4-3-9(14)7-16-11/h3-4,7-8H,5-6H2,1-2H3. The molecule has 0 aliphatic carbocycles. The summed E-state index contributed by atoms with van der Waals surface area (Å²) in [6, 6.07) is 3.50. The number of halogens is 2. The van der Waals surface area contributed by atoms with E-state index in [4.69, 9.17) is 0 Å². The molecule has 0 N–H and O–H groups in total. The van der Waals surface area contributed by atoms with E-state index < -0.39 is 0 Å². The number of hydrogen-bond acceptors (Lipinski definition) is 4. The summed E-state index contributed by atoms with van der Waals surface area (Å²) in [5, 5.41) is 4.24. The van der Waals surface area contributed by atoms with Crippen molar-refractivity contribution in [1.82, 2.24) is 19.7 Å². The Morgan fingerprint density at radius 3 is 2.65 bits per heavy atom. The van der Waals surface area contributed by atoms with Crippen LogP contribution in [-0.4, -0.2) is 46.1 Å². The van der Waals surface area contributed by atoms with Crippen molar-refractivity contribution >= 4 is 37.6 Å². The van der Waals surface area contributed by atoms with Gasteiger partial charge in [-0.3, -0.25) is 14.5 Å². The summed E-state index contributed by atoms with van der Waals surface area (Å²) in [5.74, 6) is -0.138. The van der Waals surface area contributed by atoms with E-state index >= 15 is 0 Å². The molecule has 0 fully saturated rings. The molecule has 20 heavy (non-hydrogen) atoms. The van der Waals surface area contributed by atoms with Gasteiger partial charge in [0.25, 0.3) is 0 Å². The first-order valence-electron chi connectivity index (χ1n) is 6.01. The molecule has 2 aromatic rings. The number of carbonyl (C=O) groups excluding carboxylic acids is 1. The summed E-state index contributed by atoms with van der Waals surface area (Å²) < 4.78 is 3.23. The first-order chi connectivity index (χ1) is 9.49. The third-order valence-corrected chi connectivity index (χ3v) is 3.78. The maximum absolute atomic E-state index is 12.5. The fourth-order valence-corrected chi connectivity index (χ4v) is 2.39. The first-order valence-corrected chi connectivity index (χ1v) is 7.60. The highest BCUT2D eigenvalue weighted by Gasteiger charge is 2.19. The second-order valence-corrected chi connectivity index (χ2v) is 6.33. The lowest BCUT2D eigenvalue weighted by Crippen LogP contribution is -2.22. The van der Waals surface area contributed by atoms with Gasteiger partial charge in [0.2, 0.25) is 5.78 Å². The fraction of sp³-hybridized carbons (Fsp3) is 0.308. The van der Waals surface area contributed by atoms with Gasteiger partial charge in [-0.05, 0) is 58.1 Å². The van der Waals surface area contributed by atoms with Crippen LogP contribution in [0, 0.1) is 0 Å². The van der Waals surface area contributed by atoms with E-state index in [1.165, 1.54) is 0 Å². The van der Waals surface area contributed by atoms with E-state index in [0.717, 1.165) is 11.0 Å². The molecule has 0 unspecified atom stereocenters. The van der Waals surface area contributed by atoms with Crippen LogP contribution in [0.4, 0.5) is 0 Å². The van der Waals surface area contributed by atoms with Crippen molar-refractivity contribution in [2.45, 2.75) is 6.54 Å². The van der Waals surface area contributed by atoms with Crippen molar-refractivity contribution in [3.63, 3.8) is 0 Å². The molecule has 2 rings (SSSR count). The quantitative estimate of drug-likeness (QED) is 0.722. The summed E-state index contributed by atoms with van der Waals surface area (Å²) >= 11 is 6.69. The zero-order valence-electron chi connectivity index (χ0n) is 11.2. The highest BCUT2D eigenvalue weighted by Crippen LogP contribution is 2.20. The highest BCUT2D eigenvalue weighted by atomic mass is 79.9. The minimum Gasteiger partial charge on any atom is -0.308 e. The van der Waals surface area contributed by atoms with E-state index in [1.54, 1.807) is 29.2 Å². The fourth-order valence-electron chi connectivity index (χ4n) is 1.68. The van der Waals surface area contributed by atoms with Crippen LogP contribution in [0.1, 0.15) is 16.2 Å². The Morgan fingerprint density at radius 2 is 2.05 bits per heavy atom. The van der Waals surface area contributed by atoms with Crippen molar-refractivity contribution in [2.24, 2.45) is 0 Å². The molecule has 2 heterocycles. The molecule has 5 nitrogen and oxygen atoms in total. The predicted molar refractivity (Wildman–Crippen MR) is 83.9 cm³/mol. The Morgan fingerprint density at radius 1 is 1.30 bits per heavy atom. The Labute approximate surface area is 134 Å². The monoisotopic (exact) mass is 400 g/mol. The van der Waals surface area contributed by atoms with Crippen molar-refractivity contribution in [3.8, 4) is 0 Å². The van der Waals surface area contributed by atoms with Gasteiger partial charge >= 0.3 is 0 Å². The van der Waals surface area contributed by atoms with Crippen LogP contribution in [0.3, 0.4) is 0 Å². The number of carbonyl (C=O) groups is 1. The SMILES string of the molecule is CN(C)CCn1ncc(Br)c1C(=O)c1ccc(Br)cn1. The van der Waals surface area contributed by atoms with Crippen molar-refractivity contribution in [3.05, 3.63) is 44.9 Å². The molecule has 0 bridgehead atoms. The number of ketones is 1. The third-order valence-electron chi connectivity index (χ3n) is 2.73. The molecule has 0 aliphatic rings. The lowest BCUT2D eigenvalue weighted by Gasteiger charge is -2.11. The van der Waals surface area contributed by atoms with Crippen LogP contribution in [0.2, 0.25) is 0 Å². The molecule has 0 atom stereocenters. The van der Waals surface area contributed by atoms with E-state index in [0.29, 0.717) is 22.4 Å². The van der Waals surface area contributed by atoms with E-state index in [2.05, 4.69) is 41.9 Å². The number of pyridine rings is 1. The molecule has 106 valence electrons. The van der Waals surface area contributed by atoms with Crippen LogP contribution in [0.15, 0.2) is 33.5 Å². The van der Waals surface area contributed by atoms with Gasteiger partial charge in [0.05, 0.1) is 17.2 Å². The molecule has 0 aliphatic heterocycles. The van der Waals surface area contributed by atoms with Crippen molar-refractivity contribution in [1.29, 1.82) is 0 Å². The molecule has 0 radical (unpaired) electrons. The van der Waals surface area contributed by atoms with Crippen molar-refractivity contribution in [2.75, 3.05) is 20.6 Å². The van der Waals surface area contributed by atoms with Crippen LogP contribution in [0.25, 0.3) is 0 Å². The van der Waals surface area contributed by atoms with E-state index in [-0.39, 0.29) is 5.78 Å². The average molecular weight is 402 g/mol. The molecule has 0 spiro atoms. The molecule has 0 aromatic carbocycles. The number of hydrogen-bond donors (Lipinski definition) is 0. The summed E-state index contributed by atoms with van der Waals surface area (Å²) in [6.07, 6.45) is 3.25. The Bertz CT molecular complexity index is 607.